The van der Waals surface area contributed by atoms with Crippen LogP contribution in [0, 0.1) is 0 Å². The van der Waals surface area contributed by atoms with Crippen LogP contribution in [-0.4, -0.2) is 16.8 Å². The van der Waals surface area contributed by atoms with Gasteiger partial charge in [-0.2, -0.15) is 0 Å². The molecular weight excluding hydrogens is 533 g/mol. The van der Waals surface area contributed by atoms with Gasteiger partial charge in [0.15, 0.2) is 0 Å². The molecule has 0 amide bonds. The van der Waals surface area contributed by atoms with Crippen molar-refractivity contribution in [2.45, 2.75) is 0 Å². The highest BCUT2D eigenvalue weighted by Gasteiger charge is 2.42. The van der Waals surface area contributed by atoms with Crippen LogP contribution in [-0.2, 0) is 0 Å². The maximum absolute atomic E-state index is 4.78. The van der Waals surface area contributed by atoms with E-state index in [9.17, 15) is 0 Å². The number of rotatable bonds is 3. The van der Waals surface area contributed by atoms with Crippen LogP contribution >= 0.6 is 0 Å². The zero-order valence-corrected chi connectivity index (χ0v) is 23.9. The number of fused-ring (bicyclic) bond motifs is 11. The SMILES string of the molecule is c1ccc(-c2ccc3c(c2)-c2ccccc2B2c4ccccc4-c4cc(-c5ccc(-c6cccnc6)nc5)ccc4N23)cc1. The Balaban J connectivity index is 1.21. The van der Waals surface area contributed by atoms with E-state index in [1.54, 1.807) is 6.20 Å². The Kier molecular flexibility index (Phi) is 5.60. The van der Waals surface area contributed by atoms with Crippen molar-refractivity contribution in [3.8, 4) is 55.8 Å². The number of benzene rings is 5. The largest absolute Gasteiger partial charge is 0.376 e. The summed E-state index contributed by atoms with van der Waals surface area (Å²) >= 11 is 0. The molecule has 44 heavy (non-hydrogen) atoms. The van der Waals surface area contributed by atoms with Gasteiger partial charge in [0, 0.05) is 52.2 Å². The Hall–Kier alpha value is -5.74. The molecule has 7 aromatic rings. The third-order valence-corrected chi connectivity index (χ3v) is 9.02. The van der Waals surface area contributed by atoms with Crippen LogP contribution < -0.4 is 15.7 Å². The lowest BCUT2D eigenvalue weighted by Crippen LogP contribution is -2.59. The quantitative estimate of drug-likeness (QED) is 0.204. The van der Waals surface area contributed by atoms with Crippen molar-refractivity contribution in [2.75, 3.05) is 4.81 Å². The van der Waals surface area contributed by atoms with E-state index < -0.39 is 0 Å². The number of nitrogens with zero attached hydrogens (tertiary/aromatic N) is 3. The highest BCUT2D eigenvalue weighted by atomic mass is 15.1. The fraction of sp³-hybridized carbons (Fsp3) is 0. The standard InChI is InChI=1S/C40H26BN3/c1-2-9-27(10-3-1)28-17-20-39-34(23-28)32-12-4-6-14-36(32)41-37-15-7-5-13-33(37)35-24-29(18-21-40(35)44(39)41)30-16-19-38(43-26-30)31-11-8-22-42-25-31/h1-26H. The molecule has 0 unspecified atom stereocenters. The van der Waals surface area contributed by atoms with Crippen molar-refractivity contribution in [1.29, 1.82) is 0 Å². The van der Waals surface area contributed by atoms with Crippen molar-refractivity contribution in [1.82, 2.24) is 9.97 Å². The molecular formula is C40H26BN3. The third kappa shape index (κ3) is 3.85. The summed E-state index contributed by atoms with van der Waals surface area (Å²) < 4.78 is 0. The molecule has 5 aromatic carbocycles. The van der Waals surface area contributed by atoms with Crippen LogP contribution in [0.25, 0.3) is 55.8 Å². The number of aromatic nitrogens is 2. The van der Waals surface area contributed by atoms with E-state index in [4.69, 9.17) is 4.98 Å². The monoisotopic (exact) mass is 559 g/mol. The normalized spacial score (nSPS) is 12.5. The first-order chi connectivity index (χ1) is 21.8. The summed E-state index contributed by atoms with van der Waals surface area (Å²) in [5, 5.41) is 0. The Morgan fingerprint density at radius 2 is 1.02 bits per heavy atom. The summed E-state index contributed by atoms with van der Waals surface area (Å²) in [6.45, 7) is 0.0938. The minimum atomic E-state index is 0.0938. The molecule has 0 aliphatic carbocycles. The first kappa shape index (κ1) is 24.8. The second kappa shape index (κ2) is 9.93. The predicted octanol–water partition coefficient (Wildman–Crippen LogP) is 8.38. The van der Waals surface area contributed by atoms with Crippen LogP contribution in [0.3, 0.4) is 0 Å². The second-order valence-corrected chi connectivity index (χ2v) is 11.5. The summed E-state index contributed by atoms with van der Waals surface area (Å²) in [4.78, 5) is 11.6. The van der Waals surface area contributed by atoms with Crippen LogP contribution in [0.1, 0.15) is 0 Å². The zero-order chi connectivity index (χ0) is 29.0. The van der Waals surface area contributed by atoms with Crippen LogP contribution in [0.15, 0.2) is 158 Å². The highest BCUT2D eigenvalue weighted by Crippen LogP contribution is 2.47. The maximum atomic E-state index is 4.78. The topological polar surface area (TPSA) is 29.0 Å². The minimum Gasteiger partial charge on any atom is -0.376 e. The first-order valence-corrected chi connectivity index (χ1v) is 15.0. The molecule has 0 saturated carbocycles. The van der Waals surface area contributed by atoms with Gasteiger partial charge < -0.3 is 4.81 Å². The molecule has 9 rings (SSSR count). The molecule has 0 fully saturated rings. The zero-order valence-electron chi connectivity index (χ0n) is 23.9. The lowest BCUT2D eigenvalue weighted by atomic mass is 9.43. The molecule has 0 saturated heterocycles. The molecule has 0 atom stereocenters. The van der Waals surface area contributed by atoms with E-state index in [1.165, 1.54) is 55.7 Å². The molecule has 2 aliphatic rings. The highest BCUT2D eigenvalue weighted by molar-refractivity contribution is 6.92. The lowest BCUT2D eigenvalue weighted by Gasteiger charge is -2.43. The van der Waals surface area contributed by atoms with Crippen molar-refractivity contribution < 1.29 is 0 Å². The fourth-order valence-corrected chi connectivity index (χ4v) is 6.98. The van der Waals surface area contributed by atoms with Crippen LogP contribution in [0.2, 0.25) is 0 Å². The van der Waals surface area contributed by atoms with Gasteiger partial charge in [-0.1, -0.05) is 97.1 Å². The van der Waals surface area contributed by atoms with Crippen LogP contribution in [0.5, 0.6) is 0 Å². The van der Waals surface area contributed by atoms with Crippen molar-refractivity contribution in [3.63, 3.8) is 0 Å². The number of hydrogen-bond donors (Lipinski definition) is 0. The predicted molar refractivity (Wildman–Crippen MR) is 183 cm³/mol. The van der Waals surface area contributed by atoms with Gasteiger partial charge in [0.25, 0.3) is 0 Å². The van der Waals surface area contributed by atoms with E-state index in [-0.39, 0.29) is 6.85 Å². The number of anilines is 2. The summed E-state index contributed by atoms with van der Waals surface area (Å²) in [7, 11) is 0. The minimum absolute atomic E-state index is 0.0938. The average Bonchev–Trinajstić information content (AvgIpc) is 3.12. The molecule has 0 radical (unpaired) electrons. The molecule has 0 bridgehead atoms. The van der Waals surface area contributed by atoms with Gasteiger partial charge in [-0.05, 0) is 81.2 Å². The molecule has 3 nitrogen and oxygen atoms in total. The maximum Gasteiger partial charge on any atom is 0.329 e. The van der Waals surface area contributed by atoms with Gasteiger partial charge in [0.05, 0.1) is 5.69 Å². The Bertz CT molecular complexity index is 2180. The van der Waals surface area contributed by atoms with Crippen LogP contribution in [0.4, 0.5) is 11.4 Å². The van der Waals surface area contributed by atoms with E-state index in [0.29, 0.717) is 0 Å². The Morgan fingerprint density at radius 1 is 0.432 bits per heavy atom. The molecule has 4 heterocycles. The molecule has 0 N–H and O–H groups in total. The lowest BCUT2D eigenvalue weighted by molar-refractivity contribution is 1.28. The molecule has 2 aromatic heterocycles. The van der Waals surface area contributed by atoms with Gasteiger partial charge in [-0.3, -0.25) is 9.97 Å². The molecule has 0 spiro atoms. The van der Waals surface area contributed by atoms with E-state index in [0.717, 1.165) is 22.4 Å². The van der Waals surface area contributed by atoms with Gasteiger partial charge in [0.1, 0.15) is 0 Å². The van der Waals surface area contributed by atoms with Gasteiger partial charge in [-0.15, -0.1) is 0 Å². The van der Waals surface area contributed by atoms with Gasteiger partial charge >= 0.3 is 6.85 Å². The Labute approximate surface area is 257 Å². The average molecular weight is 559 g/mol. The van der Waals surface area contributed by atoms with Crippen molar-refractivity contribution in [2.24, 2.45) is 0 Å². The smallest absolute Gasteiger partial charge is 0.329 e. The van der Waals surface area contributed by atoms with E-state index in [1.807, 2.05) is 24.5 Å². The first-order valence-electron chi connectivity index (χ1n) is 15.0. The van der Waals surface area contributed by atoms with Gasteiger partial charge in [-0.25, -0.2) is 0 Å². The van der Waals surface area contributed by atoms with Gasteiger partial charge in [0.2, 0.25) is 0 Å². The summed E-state index contributed by atoms with van der Waals surface area (Å²) in [6.07, 6.45) is 5.61. The molecule has 204 valence electrons. The Morgan fingerprint density at radius 3 is 1.64 bits per heavy atom. The summed E-state index contributed by atoms with van der Waals surface area (Å²) in [6, 6.07) is 50.5. The molecule has 2 aliphatic heterocycles. The van der Waals surface area contributed by atoms with Crippen molar-refractivity contribution >= 4 is 29.1 Å². The summed E-state index contributed by atoms with van der Waals surface area (Å²) in [5.74, 6) is 0. The van der Waals surface area contributed by atoms with Crippen molar-refractivity contribution in [3.05, 3.63) is 158 Å². The molecule has 4 heteroatoms. The third-order valence-electron chi connectivity index (χ3n) is 9.02. The second-order valence-electron chi connectivity index (χ2n) is 11.5. The number of hydrogen-bond acceptors (Lipinski definition) is 3. The van der Waals surface area contributed by atoms with E-state index in [2.05, 4.69) is 137 Å². The summed E-state index contributed by atoms with van der Waals surface area (Å²) in [5.41, 5.74) is 16.9. The fourth-order valence-electron chi connectivity index (χ4n) is 6.98. The van der Waals surface area contributed by atoms with E-state index >= 15 is 0 Å². The number of pyridine rings is 2.